The maximum atomic E-state index is 11.6. The second-order valence-corrected chi connectivity index (χ2v) is 4.95. The van der Waals surface area contributed by atoms with Gasteiger partial charge in [0.1, 0.15) is 17.1 Å². The summed E-state index contributed by atoms with van der Waals surface area (Å²) in [5, 5.41) is 9.49. The Labute approximate surface area is 127 Å². The number of hydrogen-bond acceptors (Lipinski definition) is 6. The monoisotopic (exact) mass is 300 g/mol. The highest BCUT2D eigenvalue weighted by Gasteiger charge is 2.24. The lowest BCUT2D eigenvalue weighted by Crippen LogP contribution is -2.38. The maximum absolute atomic E-state index is 11.6. The van der Waals surface area contributed by atoms with Gasteiger partial charge in [0.2, 0.25) is 0 Å². The summed E-state index contributed by atoms with van der Waals surface area (Å²) in [4.78, 5) is 26.5. The van der Waals surface area contributed by atoms with Gasteiger partial charge in [-0.05, 0) is 19.1 Å². The lowest BCUT2D eigenvalue weighted by atomic mass is 10.2. The summed E-state index contributed by atoms with van der Waals surface area (Å²) in [6, 6.07) is 5.46. The Hall–Kier alpha value is -2.54. The third-order valence-corrected chi connectivity index (χ3v) is 3.49. The summed E-state index contributed by atoms with van der Waals surface area (Å²) in [6.07, 6.45) is 1.66. The van der Waals surface area contributed by atoms with Gasteiger partial charge in [0.05, 0.1) is 18.9 Å². The molecule has 0 amide bonds. The van der Waals surface area contributed by atoms with E-state index in [0.717, 1.165) is 0 Å². The standard InChI is InChI=1S/C15H16N4O3/c1-10-12(15(20)21)14(19-6-8-22-9-7-19)18-13(17-10)11-4-2-3-5-16-11/h2-5H,6-9H2,1H3,(H,20,21). The highest BCUT2D eigenvalue weighted by molar-refractivity contribution is 5.95. The van der Waals surface area contributed by atoms with Crippen molar-refractivity contribution in [2.24, 2.45) is 0 Å². The lowest BCUT2D eigenvalue weighted by Gasteiger charge is -2.29. The number of ether oxygens (including phenoxy) is 1. The van der Waals surface area contributed by atoms with Crippen LogP contribution in [0.15, 0.2) is 24.4 Å². The van der Waals surface area contributed by atoms with E-state index in [9.17, 15) is 9.90 Å². The van der Waals surface area contributed by atoms with Crippen LogP contribution in [-0.2, 0) is 4.74 Å². The van der Waals surface area contributed by atoms with Gasteiger partial charge in [-0.25, -0.2) is 14.8 Å². The van der Waals surface area contributed by atoms with Gasteiger partial charge in [-0.2, -0.15) is 0 Å². The van der Waals surface area contributed by atoms with E-state index in [4.69, 9.17) is 4.74 Å². The average Bonchev–Trinajstić information content (AvgIpc) is 2.55. The van der Waals surface area contributed by atoms with Crippen LogP contribution in [0.3, 0.4) is 0 Å². The van der Waals surface area contributed by atoms with Crippen LogP contribution in [0.5, 0.6) is 0 Å². The van der Waals surface area contributed by atoms with Gasteiger partial charge < -0.3 is 14.7 Å². The van der Waals surface area contributed by atoms with Crippen molar-refractivity contribution in [3.8, 4) is 11.5 Å². The summed E-state index contributed by atoms with van der Waals surface area (Å²) in [7, 11) is 0. The number of carbonyl (C=O) groups is 1. The van der Waals surface area contributed by atoms with E-state index in [1.54, 1.807) is 19.2 Å². The predicted octanol–water partition coefficient (Wildman–Crippen LogP) is 1.38. The SMILES string of the molecule is Cc1nc(-c2ccccn2)nc(N2CCOCC2)c1C(=O)O. The zero-order chi connectivity index (χ0) is 15.5. The Bertz CT molecular complexity index is 685. The molecule has 2 aromatic rings. The van der Waals surface area contributed by atoms with Crippen molar-refractivity contribution in [1.82, 2.24) is 15.0 Å². The molecule has 0 aromatic carbocycles. The fourth-order valence-corrected chi connectivity index (χ4v) is 2.42. The molecule has 0 spiro atoms. The molecule has 3 heterocycles. The number of aromatic carboxylic acids is 1. The van der Waals surface area contributed by atoms with Crippen molar-refractivity contribution >= 4 is 11.8 Å². The van der Waals surface area contributed by atoms with Crippen molar-refractivity contribution in [2.75, 3.05) is 31.2 Å². The molecule has 2 aromatic heterocycles. The molecule has 0 saturated carbocycles. The largest absolute Gasteiger partial charge is 0.477 e. The van der Waals surface area contributed by atoms with E-state index in [1.807, 2.05) is 17.0 Å². The van der Waals surface area contributed by atoms with E-state index in [1.165, 1.54) is 0 Å². The molecule has 1 aliphatic rings. The summed E-state index contributed by atoms with van der Waals surface area (Å²) in [5.41, 5.74) is 1.20. The van der Waals surface area contributed by atoms with Crippen molar-refractivity contribution in [3.63, 3.8) is 0 Å². The molecule has 7 nitrogen and oxygen atoms in total. The van der Waals surface area contributed by atoms with E-state index in [-0.39, 0.29) is 5.56 Å². The van der Waals surface area contributed by atoms with Gasteiger partial charge in [0.25, 0.3) is 0 Å². The van der Waals surface area contributed by atoms with Gasteiger partial charge >= 0.3 is 5.97 Å². The normalized spacial score (nSPS) is 14.9. The lowest BCUT2D eigenvalue weighted by molar-refractivity contribution is 0.0694. The Morgan fingerprint density at radius 1 is 1.27 bits per heavy atom. The molecule has 22 heavy (non-hydrogen) atoms. The molecule has 0 bridgehead atoms. The Kier molecular flexibility index (Phi) is 3.97. The first-order valence-corrected chi connectivity index (χ1v) is 7.03. The summed E-state index contributed by atoms with van der Waals surface area (Å²) < 4.78 is 5.32. The zero-order valence-corrected chi connectivity index (χ0v) is 12.2. The van der Waals surface area contributed by atoms with E-state index in [0.29, 0.717) is 49.3 Å². The Morgan fingerprint density at radius 3 is 2.68 bits per heavy atom. The topological polar surface area (TPSA) is 88.4 Å². The number of aromatic nitrogens is 3. The predicted molar refractivity (Wildman–Crippen MR) is 80.0 cm³/mol. The van der Waals surface area contributed by atoms with Gasteiger partial charge in [-0.15, -0.1) is 0 Å². The Balaban J connectivity index is 2.11. The second kappa shape index (κ2) is 6.07. The number of pyridine rings is 1. The minimum Gasteiger partial charge on any atom is -0.477 e. The number of nitrogens with zero attached hydrogens (tertiary/aromatic N) is 4. The zero-order valence-electron chi connectivity index (χ0n) is 12.2. The molecule has 0 atom stereocenters. The van der Waals surface area contributed by atoms with Crippen LogP contribution in [0.25, 0.3) is 11.5 Å². The molecule has 7 heteroatoms. The van der Waals surface area contributed by atoms with Gasteiger partial charge in [0.15, 0.2) is 5.82 Å². The fourth-order valence-electron chi connectivity index (χ4n) is 2.42. The summed E-state index contributed by atoms with van der Waals surface area (Å²) in [5.74, 6) is -0.153. The first-order chi connectivity index (χ1) is 10.7. The van der Waals surface area contributed by atoms with Crippen LogP contribution < -0.4 is 4.90 Å². The molecule has 114 valence electrons. The van der Waals surface area contributed by atoms with E-state index in [2.05, 4.69) is 15.0 Å². The highest BCUT2D eigenvalue weighted by atomic mass is 16.5. The number of anilines is 1. The van der Waals surface area contributed by atoms with Crippen LogP contribution in [0.1, 0.15) is 16.1 Å². The molecule has 1 N–H and O–H groups in total. The molecule has 0 aliphatic carbocycles. The van der Waals surface area contributed by atoms with Crippen molar-refractivity contribution < 1.29 is 14.6 Å². The fraction of sp³-hybridized carbons (Fsp3) is 0.333. The first kappa shape index (κ1) is 14.4. The number of rotatable bonds is 3. The van der Waals surface area contributed by atoms with E-state index < -0.39 is 5.97 Å². The molecule has 1 saturated heterocycles. The van der Waals surface area contributed by atoms with E-state index >= 15 is 0 Å². The third kappa shape index (κ3) is 2.75. The van der Waals surface area contributed by atoms with Crippen molar-refractivity contribution in [2.45, 2.75) is 6.92 Å². The number of aryl methyl sites for hydroxylation is 1. The highest BCUT2D eigenvalue weighted by Crippen LogP contribution is 2.25. The van der Waals surface area contributed by atoms with Crippen molar-refractivity contribution in [3.05, 3.63) is 35.7 Å². The summed E-state index contributed by atoms with van der Waals surface area (Å²) in [6.45, 7) is 4.01. The van der Waals surface area contributed by atoms with Crippen LogP contribution >= 0.6 is 0 Å². The van der Waals surface area contributed by atoms with Gasteiger partial charge in [-0.3, -0.25) is 4.98 Å². The molecule has 1 fully saturated rings. The summed E-state index contributed by atoms with van der Waals surface area (Å²) >= 11 is 0. The molecular formula is C15H16N4O3. The third-order valence-electron chi connectivity index (χ3n) is 3.49. The van der Waals surface area contributed by atoms with Crippen LogP contribution in [0.4, 0.5) is 5.82 Å². The van der Waals surface area contributed by atoms with Crippen LogP contribution in [0.2, 0.25) is 0 Å². The quantitative estimate of drug-likeness (QED) is 0.916. The van der Waals surface area contributed by atoms with Crippen molar-refractivity contribution in [1.29, 1.82) is 0 Å². The minimum absolute atomic E-state index is 0.140. The number of carboxylic acids is 1. The van der Waals surface area contributed by atoms with Gasteiger partial charge in [-0.1, -0.05) is 6.07 Å². The number of carboxylic acid groups (broad SMARTS) is 1. The van der Waals surface area contributed by atoms with Crippen LogP contribution in [-0.4, -0.2) is 52.3 Å². The first-order valence-electron chi connectivity index (χ1n) is 7.03. The second-order valence-electron chi connectivity index (χ2n) is 4.95. The average molecular weight is 300 g/mol. The number of hydrogen-bond donors (Lipinski definition) is 1. The maximum Gasteiger partial charge on any atom is 0.341 e. The minimum atomic E-state index is -1.02. The molecule has 0 unspecified atom stereocenters. The van der Waals surface area contributed by atoms with Gasteiger partial charge in [0, 0.05) is 19.3 Å². The Morgan fingerprint density at radius 2 is 2.05 bits per heavy atom. The number of morpholine rings is 1. The molecule has 0 radical (unpaired) electrons. The molecular weight excluding hydrogens is 284 g/mol. The van der Waals surface area contributed by atoms with Crippen LogP contribution in [0, 0.1) is 6.92 Å². The smallest absolute Gasteiger partial charge is 0.341 e. The molecule has 3 rings (SSSR count). The molecule has 1 aliphatic heterocycles.